The normalized spacial score (nSPS) is 18.9. The lowest BCUT2D eigenvalue weighted by molar-refractivity contribution is -0.125. The Labute approximate surface area is 111 Å². The van der Waals surface area contributed by atoms with Gasteiger partial charge in [0.15, 0.2) is 5.58 Å². The van der Waals surface area contributed by atoms with E-state index in [1.807, 2.05) is 25.1 Å². The van der Waals surface area contributed by atoms with Crippen molar-refractivity contribution < 1.29 is 13.9 Å². The number of benzene rings is 1. The lowest BCUT2D eigenvalue weighted by Gasteiger charge is -2.06. The minimum absolute atomic E-state index is 0.0106. The van der Waals surface area contributed by atoms with Gasteiger partial charge in [0, 0.05) is 6.61 Å². The SMILES string of the molecule is Cc1cccc2oc(CNC(=O)[C@H]3CCOC3)nc12. The van der Waals surface area contributed by atoms with E-state index < -0.39 is 0 Å². The lowest BCUT2D eigenvalue weighted by atomic mass is 10.1. The summed E-state index contributed by atoms with van der Waals surface area (Å²) in [5.74, 6) is 0.513. The fourth-order valence-electron chi connectivity index (χ4n) is 2.26. The third kappa shape index (κ3) is 2.46. The molecule has 1 aliphatic heterocycles. The zero-order valence-corrected chi connectivity index (χ0v) is 10.8. The van der Waals surface area contributed by atoms with Crippen LogP contribution in [0.3, 0.4) is 0 Å². The summed E-state index contributed by atoms with van der Waals surface area (Å²) in [5.41, 5.74) is 2.69. The fourth-order valence-corrected chi connectivity index (χ4v) is 2.26. The van der Waals surface area contributed by atoms with Gasteiger partial charge in [0.2, 0.25) is 11.8 Å². The summed E-state index contributed by atoms with van der Waals surface area (Å²) in [6.07, 6.45) is 0.790. The number of ether oxygens (including phenoxy) is 1. The summed E-state index contributed by atoms with van der Waals surface area (Å²) >= 11 is 0. The summed E-state index contributed by atoms with van der Waals surface area (Å²) < 4.78 is 10.8. The minimum atomic E-state index is -0.0360. The van der Waals surface area contributed by atoms with Crippen molar-refractivity contribution >= 4 is 17.0 Å². The van der Waals surface area contributed by atoms with Gasteiger partial charge in [0.1, 0.15) is 5.52 Å². The predicted octanol–water partition coefficient (Wildman–Crippen LogP) is 1.79. The van der Waals surface area contributed by atoms with Gasteiger partial charge in [-0.05, 0) is 25.0 Å². The molecule has 1 fully saturated rings. The number of hydrogen-bond donors (Lipinski definition) is 1. The van der Waals surface area contributed by atoms with Crippen LogP contribution in [0.5, 0.6) is 0 Å². The zero-order valence-electron chi connectivity index (χ0n) is 10.8. The maximum atomic E-state index is 11.8. The maximum Gasteiger partial charge on any atom is 0.225 e. The van der Waals surface area contributed by atoms with Gasteiger partial charge in [-0.15, -0.1) is 0 Å². The molecule has 0 radical (unpaired) electrons. The first-order chi connectivity index (χ1) is 9.24. The number of nitrogens with zero attached hydrogens (tertiary/aromatic N) is 1. The third-order valence-corrected chi connectivity index (χ3v) is 3.38. The van der Waals surface area contributed by atoms with Gasteiger partial charge in [-0.3, -0.25) is 4.79 Å². The molecule has 1 N–H and O–H groups in total. The van der Waals surface area contributed by atoms with Gasteiger partial charge in [0.05, 0.1) is 19.1 Å². The molecule has 1 aromatic heterocycles. The van der Waals surface area contributed by atoms with Crippen LogP contribution in [0.1, 0.15) is 17.9 Å². The average molecular weight is 260 g/mol. The fraction of sp³-hybridized carbons (Fsp3) is 0.429. The van der Waals surface area contributed by atoms with Crippen LogP contribution >= 0.6 is 0 Å². The predicted molar refractivity (Wildman–Crippen MR) is 69.5 cm³/mol. The number of nitrogens with one attached hydrogen (secondary N) is 1. The van der Waals surface area contributed by atoms with Crippen molar-refractivity contribution in [2.24, 2.45) is 5.92 Å². The van der Waals surface area contributed by atoms with E-state index in [0.29, 0.717) is 25.6 Å². The van der Waals surface area contributed by atoms with Gasteiger partial charge < -0.3 is 14.5 Å². The Hall–Kier alpha value is -1.88. The summed E-state index contributed by atoms with van der Waals surface area (Å²) in [6, 6.07) is 5.80. The number of hydrogen-bond acceptors (Lipinski definition) is 4. The number of amides is 1. The molecule has 19 heavy (non-hydrogen) atoms. The number of rotatable bonds is 3. The Balaban J connectivity index is 1.68. The van der Waals surface area contributed by atoms with E-state index in [1.54, 1.807) is 0 Å². The van der Waals surface area contributed by atoms with Crippen molar-refractivity contribution in [2.75, 3.05) is 13.2 Å². The van der Waals surface area contributed by atoms with E-state index in [4.69, 9.17) is 9.15 Å². The van der Waals surface area contributed by atoms with Crippen LogP contribution in [0.25, 0.3) is 11.1 Å². The van der Waals surface area contributed by atoms with Crippen LogP contribution in [-0.4, -0.2) is 24.1 Å². The highest BCUT2D eigenvalue weighted by molar-refractivity contribution is 5.79. The van der Waals surface area contributed by atoms with Crippen molar-refractivity contribution in [3.63, 3.8) is 0 Å². The molecular formula is C14H16N2O3. The molecule has 1 aromatic carbocycles. The molecule has 1 atom stereocenters. The first-order valence-electron chi connectivity index (χ1n) is 6.44. The monoisotopic (exact) mass is 260 g/mol. The number of fused-ring (bicyclic) bond motifs is 1. The van der Waals surface area contributed by atoms with Crippen molar-refractivity contribution in [3.05, 3.63) is 29.7 Å². The summed E-state index contributed by atoms with van der Waals surface area (Å²) in [5, 5.41) is 2.85. The van der Waals surface area contributed by atoms with Crippen molar-refractivity contribution in [1.29, 1.82) is 0 Å². The molecule has 2 aromatic rings. The maximum absolute atomic E-state index is 11.8. The van der Waals surface area contributed by atoms with Gasteiger partial charge in [-0.1, -0.05) is 12.1 Å². The largest absolute Gasteiger partial charge is 0.439 e. The van der Waals surface area contributed by atoms with E-state index >= 15 is 0 Å². The highest BCUT2D eigenvalue weighted by Crippen LogP contribution is 2.19. The first kappa shape index (κ1) is 12.2. The quantitative estimate of drug-likeness (QED) is 0.913. The van der Waals surface area contributed by atoms with Gasteiger partial charge in [0.25, 0.3) is 0 Å². The molecule has 2 heterocycles. The van der Waals surface area contributed by atoms with Crippen LogP contribution < -0.4 is 5.32 Å². The van der Waals surface area contributed by atoms with Gasteiger partial charge in [-0.25, -0.2) is 4.98 Å². The Morgan fingerprint density at radius 2 is 2.42 bits per heavy atom. The number of aryl methyl sites for hydroxylation is 1. The molecular weight excluding hydrogens is 244 g/mol. The summed E-state index contributed by atoms with van der Waals surface area (Å²) in [6.45, 7) is 3.49. The highest BCUT2D eigenvalue weighted by atomic mass is 16.5. The lowest BCUT2D eigenvalue weighted by Crippen LogP contribution is -2.30. The summed E-state index contributed by atoms with van der Waals surface area (Å²) in [4.78, 5) is 16.2. The van der Waals surface area contributed by atoms with Crippen LogP contribution in [-0.2, 0) is 16.1 Å². The molecule has 1 amide bonds. The van der Waals surface area contributed by atoms with Crippen LogP contribution in [0.4, 0.5) is 0 Å². The molecule has 0 bridgehead atoms. The standard InChI is InChI=1S/C14H16N2O3/c1-9-3-2-4-11-13(9)16-12(19-11)7-15-14(17)10-5-6-18-8-10/h2-4,10H,5-8H2,1H3,(H,15,17)/t10-/m0/s1. The Morgan fingerprint density at radius 3 is 3.16 bits per heavy atom. The molecule has 3 rings (SSSR count). The van der Waals surface area contributed by atoms with Crippen LogP contribution in [0.15, 0.2) is 22.6 Å². The molecule has 1 aliphatic rings. The van der Waals surface area contributed by atoms with E-state index in [-0.39, 0.29) is 11.8 Å². The van der Waals surface area contributed by atoms with Crippen molar-refractivity contribution in [2.45, 2.75) is 19.9 Å². The first-order valence-corrected chi connectivity index (χ1v) is 6.44. The smallest absolute Gasteiger partial charge is 0.225 e. The number of carbonyl (C=O) groups is 1. The second-order valence-electron chi connectivity index (χ2n) is 4.81. The molecule has 0 aliphatic carbocycles. The van der Waals surface area contributed by atoms with Crippen molar-refractivity contribution in [1.82, 2.24) is 10.3 Å². The number of aromatic nitrogens is 1. The van der Waals surface area contributed by atoms with E-state index in [9.17, 15) is 4.79 Å². The highest BCUT2D eigenvalue weighted by Gasteiger charge is 2.23. The molecule has 0 unspecified atom stereocenters. The topological polar surface area (TPSA) is 64.4 Å². The Bertz CT molecular complexity index is 600. The van der Waals surface area contributed by atoms with E-state index in [2.05, 4.69) is 10.3 Å². The summed E-state index contributed by atoms with van der Waals surface area (Å²) in [7, 11) is 0. The molecule has 1 saturated heterocycles. The zero-order chi connectivity index (χ0) is 13.2. The van der Waals surface area contributed by atoms with Crippen LogP contribution in [0.2, 0.25) is 0 Å². The Morgan fingerprint density at radius 1 is 1.53 bits per heavy atom. The second-order valence-corrected chi connectivity index (χ2v) is 4.81. The number of para-hydroxylation sites is 1. The van der Waals surface area contributed by atoms with E-state index in [0.717, 1.165) is 23.1 Å². The Kier molecular flexibility index (Phi) is 3.21. The molecule has 0 spiro atoms. The van der Waals surface area contributed by atoms with Crippen molar-refractivity contribution in [3.8, 4) is 0 Å². The number of carbonyl (C=O) groups excluding carboxylic acids is 1. The van der Waals surface area contributed by atoms with Gasteiger partial charge in [-0.2, -0.15) is 0 Å². The second kappa shape index (κ2) is 5.01. The molecule has 0 saturated carbocycles. The third-order valence-electron chi connectivity index (χ3n) is 3.38. The average Bonchev–Trinajstić information content (AvgIpc) is 3.05. The molecule has 100 valence electrons. The van der Waals surface area contributed by atoms with E-state index in [1.165, 1.54) is 0 Å². The van der Waals surface area contributed by atoms with Crippen LogP contribution in [0, 0.1) is 12.8 Å². The molecule has 5 nitrogen and oxygen atoms in total. The molecule has 5 heteroatoms. The van der Waals surface area contributed by atoms with Gasteiger partial charge >= 0.3 is 0 Å². The minimum Gasteiger partial charge on any atom is -0.439 e. The number of oxazole rings is 1.